The summed E-state index contributed by atoms with van der Waals surface area (Å²) in [6, 6.07) is 5.58. The first-order chi connectivity index (χ1) is 14.3. The number of anilines is 1. The van der Waals surface area contributed by atoms with Gasteiger partial charge in [-0.15, -0.1) is 10.2 Å². The number of ether oxygens (including phenoxy) is 1. The van der Waals surface area contributed by atoms with Gasteiger partial charge in [0.2, 0.25) is 5.91 Å². The third-order valence-electron chi connectivity index (χ3n) is 3.60. The first-order valence-corrected chi connectivity index (χ1v) is 10.3. The van der Waals surface area contributed by atoms with Crippen LogP contribution in [0.1, 0.15) is 23.0 Å². The van der Waals surface area contributed by atoms with Gasteiger partial charge in [-0.3, -0.25) is 4.79 Å². The summed E-state index contributed by atoms with van der Waals surface area (Å²) >= 11 is 2.53. The normalized spacial score (nSPS) is 11.3. The number of hydrogen-bond donors (Lipinski definition) is 1. The third-order valence-corrected chi connectivity index (χ3v) is 5.46. The van der Waals surface area contributed by atoms with E-state index in [-0.39, 0.29) is 24.0 Å². The number of aromatic nitrogens is 4. The summed E-state index contributed by atoms with van der Waals surface area (Å²) in [6.07, 6.45) is -4.01. The van der Waals surface area contributed by atoms with Gasteiger partial charge in [0.1, 0.15) is 11.1 Å². The van der Waals surface area contributed by atoms with Crippen LogP contribution >= 0.6 is 23.1 Å². The quantitative estimate of drug-likeness (QED) is 0.427. The lowest BCUT2D eigenvalue weighted by atomic mass is 10.2. The van der Waals surface area contributed by atoms with Gasteiger partial charge in [0.15, 0.2) is 10.0 Å². The fourth-order valence-electron chi connectivity index (χ4n) is 2.41. The molecule has 2 heterocycles. The van der Waals surface area contributed by atoms with Crippen molar-refractivity contribution in [2.45, 2.75) is 17.4 Å². The average Bonchev–Trinajstić information content (AvgIpc) is 3.37. The lowest BCUT2D eigenvalue weighted by Crippen LogP contribution is -2.18. The number of rotatable bonds is 7. The maximum atomic E-state index is 13.5. The number of halogens is 3. The highest BCUT2D eigenvalue weighted by Gasteiger charge is 2.41. The molecular formula is C17H14F3N5O3S2. The van der Waals surface area contributed by atoms with Crippen molar-refractivity contribution in [3.63, 3.8) is 0 Å². The Morgan fingerprint density at radius 3 is 2.60 bits per heavy atom. The molecule has 3 rings (SSSR count). The van der Waals surface area contributed by atoms with Crippen molar-refractivity contribution in [2.24, 2.45) is 0 Å². The summed E-state index contributed by atoms with van der Waals surface area (Å²) in [7, 11) is 0. The van der Waals surface area contributed by atoms with E-state index < -0.39 is 23.4 Å². The molecule has 0 unspecified atom stereocenters. The SMILES string of the molecule is CCOC(=O)c1cnn(-c2ccc(NC(=O)CSc3nncs3)cc2)c1C(F)(F)F. The topological polar surface area (TPSA) is 99.0 Å². The molecule has 1 amide bonds. The Morgan fingerprint density at radius 1 is 1.27 bits per heavy atom. The molecule has 30 heavy (non-hydrogen) atoms. The van der Waals surface area contributed by atoms with Gasteiger partial charge in [-0.2, -0.15) is 18.3 Å². The van der Waals surface area contributed by atoms with E-state index in [9.17, 15) is 22.8 Å². The van der Waals surface area contributed by atoms with Crippen LogP contribution in [-0.2, 0) is 15.7 Å². The summed E-state index contributed by atoms with van der Waals surface area (Å²) in [6.45, 7) is 1.43. The van der Waals surface area contributed by atoms with Crippen LogP contribution in [0.3, 0.4) is 0 Å². The second-order valence-corrected chi connectivity index (χ2v) is 7.68. The first kappa shape index (κ1) is 21.8. The first-order valence-electron chi connectivity index (χ1n) is 8.41. The van der Waals surface area contributed by atoms with E-state index in [0.29, 0.717) is 14.7 Å². The molecule has 0 saturated carbocycles. The summed E-state index contributed by atoms with van der Waals surface area (Å²) in [4.78, 5) is 23.8. The van der Waals surface area contributed by atoms with E-state index in [1.165, 1.54) is 54.3 Å². The summed E-state index contributed by atoms with van der Waals surface area (Å²) < 4.78 is 46.6. The molecule has 0 fully saturated rings. The molecule has 3 aromatic rings. The molecule has 2 aromatic heterocycles. The minimum absolute atomic E-state index is 0.0625. The molecule has 0 saturated heterocycles. The molecule has 1 aromatic carbocycles. The third kappa shape index (κ3) is 5.16. The van der Waals surface area contributed by atoms with Gasteiger partial charge in [0.25, 0.3) is 0 Å². The summed E-state index contributed by atoms with van der Waals surface area (Å²) in [5.41, 5.74) is 0.116. The second kappa shape index (κ2) is 9.26. The van der Waals surface area contributed by atoms with E-state index in [1.807, 2.05) is 0 Å². The molecule has 158 valence electrons. The molecule has 8 nitrogen and oxygen atoms in total. The largest absolute Gasteiger partial charge is 0.462 e. The number of thioether (sulfide) groups is 1. The van der Waals surface area contributed by atoms with E-state index >= 15 is 0 Å². The maximum absolute atomic E-state index is 13.5. The van der Waals surface area contributed by atoms with Crippen LogP contribution in [-0.4, -0.2) is 44.2 Å². The molecule has 0 aliphatic heterocycles. The Morgan fingerprint density at radius 2 is 2.00 bits per heavy atom. The average molecular weight is 457 g/mol. The number of benzene rings is 1. The van der Waals surface area contributed by atoms with Gasteiger partial charge in [-0.1, -0.05) is 23.1 Å². The van der Waals surface area contributed by atoms with Crippen LogP contribution in [0.5, 0.6) is 0 Å². The van der Waals surface area contributed by atoms with Gasteiger partial charge in [0, 0.05) is 5.69 Å². The predicted octanol–water partition coefficient (Wildman–Crippen LogP) is 3.65. The van der Waals surface area contributed by atoms with Crippen LogP contribution in [0.15, 0.2) is 40.3 Å². The number of alkyl halides is 3. The fraction of sp³-hybridized carbons (Fsp3) is 0.235. The molecule has 13 heteroatoms. The molecule has 0 bridgehead atoms. The van der Waals surface area contributed by atoms with Crippen molar-refractivity contribution in [1.82, 2.24) is 20.0 Å². The van der Waals surface area contributed by atoms with Gasteiger partial charge >= 0.3 is 12.1 Å². The summed E-state index contributed by atoms with van der Waals surface area (Å²) in [5, 5.41) is 13.8. The van der Waals surface area contributed by atoms with E-state index in [2.05, 4.69) is 25.3 Å². The number of esters is 1. The zero-order chi connectivity index (χ0) is 21.7. The molecule has 0 aliphatic carbocycles. The van der Waals surface area contributed by atoms with Crippen LogP contribution in [0.2, 0.25) is 0 Å². The molecule has 0 atom stereocenters. The van der Waals surface area contributed by atoms with Gasteiger partial charge < -0.3 is 10.1 Å². The van der Waals surface area contributed by atoms with Gasteiger partial charge in [-0.05, 0) is 31.2 Å². The van der Waals surface area contributed by atoms with E-state index in [0.717, 1.165) is 6.20 Å². The Labute approximate surface area is 176 Å². The molecule has 1 N–H and O–H groups in total. The maximum Gasteiger partial charge on any atom is 0.434 e. The van der Waals surface area contributed by atoms with Crippen molar-refractivity contribution in [3.8, 4) is 5.69 Å². The molecule has 0 radical (unpaired) electrons. The van der Waals surface area contributed by atoms with Crippen LogP contribution in [0.25, 0.3) is 5.69 Å². The number of carbonyl (C=O) groups is 2. The van der Waals surface area contributed by atoms with Crippen molar-refractivity contribution >= 4 is 40.7 Å². The molecular weight excluding hydrogens is 443 g/mol. The standard InChI is InChI=1S/C17H14F3N5O3S2/c1-2-28-15(27)12-7-22-25(14(12)17(18,19)20)11-5-3-10(4-6-11)23-13(26)8-29-16-24-21-9-30-16/h3-7,9H,2,8H2,1H3,(H,23,26). The van der Waals surface area contributed by atoms with Crippen LogP contribution < -0.4 is 5.32 Å². The smallest absolute Gasteiger partial charge is 0.434 e. The highest BCUT2D eigenvalue weighted by Crippen LogP contribution is 2.34. The second-order valence-electron chi connectivity index (χ2n) is 5.63. The van der Waals surface area contributed by atoms with Crippen LogP contribution in [0.4, 0.5) is 18.9 Å². The van der Waals surface area contributed by atoms with E-state index in [4.69, 9.17) is 0 Å². The minimum Gasteiger partial charge on any atom is -0.462 e. The van der Waals surface area contributed by atoms with Crippen LogP contribution in [0, 0.1) is 0 Å². The number of carbonyl (C=O) groups excluding carboxylic acids is 2. The number of hydrogen-bond acceptors (Lipinski definition) is 8. The van der Waals surface area contributed by atoms with Gasteiger partial charge in [-0.25, -0.2) is 9.48 Å². The minimum atomic E-state index is -4.83. The number of nitrogens with zero attached hydrogens (tertiary/aromatic N) is 4. The van der Waals surface area contributed by atoms with Crippen molar-refractivity contribution < 1.29 is 27.5 Å². The van der Waals surface area contributed by atoms with Gasteiger partial charge in [0.05, 0.1) is 24.2 Å². The zero-order valence-electron chi connectivity index (χ0n) is 15.3. The van der Waals surface area contributed by atoms with Crippen molar-refractivity contribution in [3.05, 3.63) is 47.2 Å². The van der Waals surface area contributed by atoms with E-state index in [1.54, 1.807) is 5.51 Å². The monoisotopic (exact) mass is 457 g/mol. The Kier molecular flexibility index (Phi) is 6.72. The highest BCUT2D eigenvalue weighted by atomic mass is 32.2. The number of amides is 1. The highest BCUT2D eigenvalue weighted by molar-refractivity contribution is 8.01. The Bertz CT molecular complexity index is 1020. The lowest BCUT2D eigenvalue weighted by Gasteiger charge is -2.13. The van der Waals surface area contributed by atoms with Crippen molar-refractivity contribution in [2.75, 3.05) is 17.7 Å². The Hall–Kier alpha value is -2.93. The molecule has 0 aliphatic rings. The lowest BCUT2D eigenvalue weighted by molar-refractivity contribution is -0.143. The fourth-order valence-corrected chi connectivity index (χ4v) is 3.70. The zero-order valence-corrected chi connectivity index (χ0v) is 17.0. The number of nitrogens with one attached hydrogen (secondary N) is 1. The van der Waals surface area contributed by atoms with Crippen molar-refractivity contribution in [1.29, 1.82) is 0 Å². The summed E-state index contributed by atoms with van der Waals surface area (Å²) in [5.74, 6) is -1.30. The Balaban J connectivity index is 1.75. The predicted molar refractivity (Wildman–Crippen MR) is 104 cm³/mol. The molecule has 0 spiro atoms.